The minimum Gasteiger partial charge on any atom is -0.288 e. The van der Waals surface area contributed by atoms with Crippen LogP contribution < -0.4 is 0 Å². The van der Waals surface area contributed by atoms with Gasteiger partial charge in [0.15, 0.2) is 0 Å². The standard InChI is InChI=1S/C12H15ClN4/c1-4-9-14-5-6-17(9)12-10(8(2)3)11(13)15-7-16-12/h5-8H,4H2,1-3H3. The molecule has 0 aromatic carbocycles. The van der Waals surface area contributed by atoms with Gasteiger partial charge in [0, 0.05) is 24.4 Å². The molecule has 0 fully saturated rings. The number of rotatable bonds is 3. The van der Waals surface area contributed by atoms with E-state index in [9.17, 15) is 0 Å². The molecule has 0 aliphatic heterocycles. The van der Waals surface area contributed by atoms with E-state index in [1.54, 1.807) is 6.20 Å². The van der Waals surface area contributed by atoms with Gasteiger partial charge in [0.25, 0.3) is 0 Å². The SMILES string of the molecule is CCc1nccn1-c1ncnc(Cl)c1C(C)C. The van der Waals surface area contributed by atoms with Crippen molar-refractivity contribution >= 4 is 11.6 Å². The number of nitrogens with zero attached hydrogens (tertiary/aromatic N) is 4. The molecule has 0 saturated heterocycles. The van der Waals surface area contributed by atoms with Gasteiger partial charge in [-0.15, -0.1) is 0 Å². The third-order valence-corrected chi connectivity index (χ3v) is 2.95. The van der Waals surface area contributed by atoms with Crippen molar-refractivity contribution in [2.24, 2.45) is 0 Å². The van der Waals surface area contributed by atoms with Crippen LogP contribution in [0.1, 0.15) is 38.1 Å². The Labute approximate surface area is 106 Å². The van der Waals surface area contributed by atoms with Gasteiger partial charge >= 0.3 is 0 Å². The van der Waals surface area contributed by atoms with Crippen molar-refractivity contribution in [3.05, 3.63) is 35.3 Å². The van der Waals surface area contributed by atoms with Crippen LogP contribution in [-0.2, 0) is 6.42 Å². The molecular formula is C12H15ClN4. The van der Waals surface area contributed by atoms with Crippen LogP contribution in [0.3, 0.4) is 0 Å². The topological polar surface area (TPSA) is 43.6 Å². The van der Waals surface area contributed by atoms with Crippen molar-refractivity contribution in [1.29, 1.82) is 0 Å². The molecule has 0 N–H and O–H groups in total. The summed E-state index contributed by atoms with van der Waals surface area (Å²) < 4.78 is 1.98. The summed E-state index contributed by atoms with van der Waals surface area (Å²) in [5, 5.41) is 0.515. The Morgan fingerprint density at radius 3 is 2.71 bits per heavy atom. The van der Waals surface area contributed by atoms with E-state index in [2.05, 4.69) is 35.7 Å². The van der Waals surface area contributed by atoms with Crippen LogP contribution in [0, 0.1) is 0 Å². The van der Waals surface area contributed by atoms with E-state index in [1.807, 2.05) is 10.8 Å². The largest absolute Gasteiger partial charge is 0.288 e. The smallest absolute Gasteiger partial charge is 0.146 e. The van der Waals surface area contributed by atoms with Crippen LogP contribution in [0.2, 0.25) is 5.15 Å². The van der Waals surface area contributed by atoms with Crippen molar-refractivity contribution in [2.75, 3.05) is 0 Å². The first kappa shape index (κ1) is 12.0. The highest BCUT2D eigenvalue weighted by Crippen LogP contribution is 2.27. The van der Waals surface area contributed by atoms with Gasteiger partial charge in [-0.25, -0.2) is 15.0 Å². The second-order valence-corrected chi connectivity index (χ2v) is 4.48. The van der Waals surface area contributed by atoms with Crippen molar-refractivity contribution in [3.63, 3.8) is 0 Å². The zero-order chi connectivity index (χ0) is 12.4. The van der Waals surface area contributed by atoms with Gasteiger partial charge in [-0.3, -0.25) is 4.57 Å². The van der Waals surface area contributed by atoms with E-state index >= 15 is 0 Å². The summed E-state index contributed by atoms with van der Waals surface area (Å²) >= 11 is 6.15. The van der Waals surface area contributed by atoms with E-state index < -0.39 is 0 Å². The summed E-state index contributed by atoms with van der Waals surface area (Å²) in [6, 6.07) is 0. The number of aromatic nitrogens is 4. The Kier molecular flexibility index (Phi) is 3.43. The van der Waals surface area contributed by atoms with E-state index in [1.165, 1.54) is 6.33 Å². The predicted molar refractivity (Wildman–Crippen MR) is 67.6 cm³/mol. The molecule has 5 heteroatoms. The second-order valence-electron chi connectivity index (χ2n) is 4.12. The normalized spacial score (nSPS) is 11.1. The number of aryl methyl sites for hydroxylation is 1. The van der Waals surface area contributed by atoms with E-state index in [0.29, 0.717) is 5.15 Å². The zero-order valence-electron chi connectivity index (χ0n) is 10.2. The molecule has 0 atom stereocenters. The Hall–Kier alpha value is -1.42. The molecular weight excluding hydrogens is 236 g/mol. The number of halogens is 1. The third-order valence-electron chi connectivity index (χ3n) is 2.65. The van der Waals surface area contributed by atoms with Crippen LogP contribution in [-0.4, -0.2) is 19.5 Å². The summed E-state index contributed by atoms with van der Waals surface area (Å²) in [5.41, 5.74) is 0.960. The van der Waals surface area contributed by atoms with Crippen molar-refractivity contribution in [2.45, 2.75) is 33.1 Å². The molecule has 0 aliphatic carbocycles. The van der Waals surface area contributed by atoms with Gasteiger partial charge in [-0.05, 0) is 5.92 Å². The summed E-state index contributed by atoms with van der Waals surface area (Å²) in [4.78, 5) is 12.7. The molecule has 0 aliphatic rings. The third kappa shape index (κ3) is 2.17. The fourth-order valence-corrected chi connectivity index (χ4v) is 2.19. The van der Waals surface area contributed by atoms with E-state index in [-0.39, 0.29) is 5.92 Å². The monoisotopic (exact) mass is 250 g/mol. The zero-order valence-corrected chi connectivity index (χ0v) is 10.9. The van der Waals surface area contributed by atoms with Crippen LogP contribution in [0.5, 0.6) is 0 Å². The Morgan fingerprint density at radius 1 is 1.29 bits per heavy atom. The number of imidazole rings is 1. The highest BCUT2D eigenvalue weighted by molar-refractivity contribution is 6.30. The average molecular weight is 251 g/mol. The molecule has 2 aromatic rings. The lowest BCUT2D eigenvalue weighted by molar-refractivity contribution is 0.791. The minimum atomic E-state index is 0.269. The Balaban J connectivity index is 2.63. The first-order valence-corrected chi connectivity index (χ1v) is 6.06. The molecule has 0 unspecified atom stereocenters. The molecule has 0 amide bonds. The van der Waals surface area contributed by atoms with Gasteiger partial charge in [0.2, 0.25) is 0 Å². The fourth-order valence-electron chi connectivity index (χ4n) is 1.84. The molecule has 0 radical (unpaired) electrons. The maximum absolute atomic E-state index is 6.15. The first-order valence-electron chi connectivity index (χ1n) is 5.68. The first-order chi connectivity index (χ1) is 8.15. The van der Waals surface area contributed by atoms with Crippen LogP contribution in [0.15, 0.2) is 18.7 Å². The summed E-state index contributed by atoms with van der Waals surface area (Å²) in [5.74, 6) is 2.07. The van der Waals surface area contributed by atoms with Crippen molar-refractivity contribution < 1.29 is 0 Å². The molecule has 4 nitrogen and oxygen atoms in total. The summed E-state index contributed by atoms with van der Waals surface area (Å²) in [6.07, 6.45) is 6.03. The van der Waals surface area contributed by atoms with Gasteiger partial charge in [-0.2, -0.15) is 0 Å². The molecule has 2 rings (SSSR count). The molecule has 2 heterocycles. The molecule has 90 valence electrons. The summed E-state index contributed by atoms with van der Waals surface area (Å²) in [6.45, 7) is 6.23. The second kappa shape index (κ2) is 4.84. The van der Waals surface area contributed by atoms with Gasteiger partial charge < -0.3 is 0 Å². The molecule has 0 bridgehead atoms. The highest BCUT2D eigenvalue weighted by atomic mass is 35.5. The van der Waals surface area contributed by atoms with E-state index in [4.69, 9.17) is 11.6 Å². The van der Waals surface area contributed by atoms with Gasteiger partial charge in [0.1, 0.15) is 23.1 Å². The number of hydrogen-bond donors (Lipinski definition) is 0. The fraction of sp³-hybridized carbons (Fsp3) is 0.417. The Bertz CT molecular complexity index is 519. The maximum Gasteiger partial charge on any atom is 0.146 e. The number of hydrogen-bond acceptors (Lipinski definition) is 3. The molecule has 0 spiro atoms. The lowest BCUT2D eigenvalue weighted by Gasteiger charge is -2.14. The van der Waals surface area contributed by atoms with Gasteiger partial charge in [0.05, 0.1) is 0 Å². The molecule has 17 heavy (non-hydrogen) atoms. The molecule has 0 saturated carbocycles. The maximum atomic E-state index is 6.15. The highest BCUT2D eigenvalue weighted by Gasteiger charge is 2.16. The van der Waals surface area contributed by atoms with Crippen LogP contribution in [0.25, 0.3) is 5.82 Å². The van der Waals surface area contributed by atoms with Crippen molar-refractivity contribution in [1.82, 2.24) is 19.5 Å². The predicted octanol–water partition coefficient (Wildman–Crippen LogP) is 3.00. The van der Waals surface area contributed by atoms with Gasteiger partial charge in [-0.1, -0.05) is 32.4 Å². The lowest BCUT2D eigenvalue weighted by Crippen LogP contribution is -2.08. The quantitative estimate of drug-likeness (QED) is 0.787. The Morgan fingerprint density at radius 2 is 2.06 bits per heavy atom. The minimum absolute atomic E-state index is 0.269. The lowest BCUT2D eigenvalue weighted by atomic mass is 10.1. The van der Waals surface area contributed by atoms with Crippen LogP contribution in [0.4, 0.5) is 0 Å². The van der Waals surface area contributed by atoms with E-state index in [0.717, 1.165) is 23.6 Å². The summed E-state index contributed by atoms with van der Waals surface area (Å²) in [7, 11) is 0. The molecule has 2 aromatic heterocycles. The van der Waals surface area contributed by atoms with Crippen molar-refractivity contribution in [3.8, 4) is 5.82 Å². The average Bonchev–Trinajstić information content (AvgIpc) is 2.75. The van der Waals surface area contributed by atoms with Crippen LogP contribution >= 0.6 is 11.6 Å².